The van der Waals surface area contributed by atoms with Gasteiger partial charge in [-0.15, -0.1) is 0 Å². The van der Waals surface area contributed by atoms with Crippen molar-refractivity contribution in [3.05, 3.63) is 0 Å². The molecular formula is C18H30N2O3. The van der Waals surface area contributed by atoms with Crippen LogP contribution >= 0.6 is 0 Å². The molecule has 1 heterocycles. The number of hydrogen-bond donors (Lipinski definition) is 1. The van der Waals surface area contributed by atoms with Gasteiger partial charge in [0.25, 0.3) is 0 Å². The van der Waals surface area contributed by atoms with Crippen LogP contribution in [0.4, 0.5) is 0 Å². The number of nitrogens with zero attached hydrogens (tertiary/aromatic N) is 2. The molecule has 0 bridgehead atoms. The van der Waals surface area contributed by atoms with E-state index in [0.29, 0.717) is 25.0 Å². The van der Waals surface area contributed by atoms with E-state index in [-0.39, 0.29) is 11.8 Å². The average Bonchev–Trinajstić information content (AvgIpc) is 3.04. The van der Waals surface area contributed by atoms with Crippen molar-refractivity contribution in [1.82, 2.24) is 9.80 Å². The number of hydrogen-bond acceptors (Lipinski definition) is 3. The molecule has 1 amide bonds. The average molecular weight is 322 g/mol. The van der Waals surface area contributed by atoms with Crippen molar-refractivity contribution < 1.29 is 14.7 Å². The summed E-state index contributed by atoms with van der Waals surface area (Å²) in [5.74, 6) is 0.293. The van der Waals surface area contributed by atoms with Crippen LogP contribution in [0, 0.1) is 17.3 Å². The molecule has 130 valence electrons. The number of likely N-dealkylation sites (tertiary alicyclic amines) is 1. The van der Waals surface area contributed by atoms with Crippen LogP contribution in [0.5, 0.6) is 0 Å². The first-order chi connectivity index (χ1) is 10.9. The summed E-state index contributed by atoms with van der Waals surface area (Å²) < 4.78 is 0. The Morgan fingerprint density at radius 3 is 2.61 bits per heavy atom. The topological polar surface area (TPSA) is 60.9 Å². The van der Waals surface area contributed by atoms with E-state index >= 15 is 0 Å². The third-order valence-corrected chi connectivity index (χ3v) is 6.68. The summed E-state index contributed by atoms with van der Waals surface area (Å²) >= 11 is 0. The molecule has 3 rings (SSSR count). The number of carbonyl (C=O) groups excluding carboxylic acids is 1. The van der Waals surface area contributed by atoms with Crippen molar-refractivity contribution in [1.29, 1.82) is 0 Å². The number of aliphatic carboxylic acids is 1. The van der Waals surface area contributed by atoms with Crippen molar-refractivity contribution in [3.63, 3.8) is 0 Å². The van der Waals surface area contributed by atoms with E-state index in [2.05, 4.69) is 11.8 Å². The molecule has 0 spiro atoms. The van der Waals surface area contributed by atoms with Gasteiger partial charge >= 0.3 is 5.97 Å². The summed E-state index contributed by atoms with van der Waals surface area (Å²) in [6.07, 6.45) is 7.56. The first-order valence-corrected chi connectivity index (χ1v) is 9.15. The maximum Gasteiger partial charge on any atom is 0.311 e. The van der Waals surface area contributed by atoms with Gasteiger partial charge in [0.15, 0.2) is 0 Å². The minimum absolute atomic E-state index is 0.157. The van der Waals surface area contributed by atoms with Crippen molar-refractivity contribution in [2.75, 3.05) is 26.7 Å². The Labute approximate surface area is 139 Å². The van der Waals surface area contributed by atoms with Crippen LogP contribution < -0.4 is 0 Å². The second-order valence-electron chi connectivity index (χ2n) is 8.05. The maximum atomic E-state index is 12.7. The van der Waals surface area contributed by atoms with E-state index in [4.69, 9.17) is 0 Å². The Balaban J connectivity index is 1.59. The summed E-state index contributed by atoms with van der Waals surface area (Å²) in [5.41, 5.74) is -0.586. The zero-order valence-corrected chi connectivity index (χ0v) is 14.5. The minimum atomic E-state index is -0.663. The second-order valence-corrected chi connectivity index (χ2v) is 8.05. The summed E-state index contributed by atoms with van der Waals surface area (Å²) in [6, 6.07) is 0.354. The lowest BCUT2D eigenvalue weighted by Crippen LogP contribution is -2.47. The number of carboxylic acids is 1. The van der Waals surface area contributed by atoms with Gasteiger partial charge in [-0.1, -0.05) is 26.2 Å². The molecule has 5 nitrogen and oxygen atoms in total. The van der Waals surface area contributed by atoms with Gasteiger partial charge in [0.1, 0.15) is 0 Å². The quantitative estimate of drug-likeness (QED) is 0.862. The minimum Gasteiger partial charge on any atom is -0.481 e. The lowest BCUT2D eigenvalue weighted by molar-refractivity contribution is -0.149. The molecule has 1 aliphatic heterocycles. The van der Waals surface area contributed by atoms with Gasteiger partial charge in [0.2, 0.25) is 5.91 Å². The van der Waals surface area contributed by atoms with Crippen molar-refractivity contribution in [2.45, 2.75) is 57.9 Å². The Bertz CT molecular complexity index is 481. The van der Waals surface area contributed by atoms with Crippen LogP contribution in [0.2, 0.25) is 0 Å². The smallest absolute Gasteiger partial charge is 0.311 e. The van der Waals surface area contributed by atoms with Gasteiger partial charge in [-0.2, -0.15) is 0 Å². The highest BCUT2D eigenvalue weighted by Gasteiger charge is 2.54. The van der Waals surface area contributed by atoms with Crippen LogP contribution in [0.15, 0.2) is 0 Å². The first kappa shape index (κ1) is 16.7. The lowest BCUT2D eigenvalue weighted by atomic mass is 9.81. The van der Waals surface area contributed by atoms with E-state index in [1.54, 1.807) is 0 Å². The third-order valence-electron chi connectivity index (χ3n) is 6.68. The van der Waals surface area contributed by atoms with Gasteiger partial charge in [-0.3, -0.25) is 14.5 Å². The zero-order valence-electron chi connectivity index (χ0n) is 14.5. The molecule has 4 atom stereocenters. The number of amides is 1. The van der Waals surface area contributed by atoms with Crippen LogP contribution in [-0.4, -0.2) is 59.5 Å². The van der Waals surface area contributed by atoms with E-state index in [0.717, 1.165) is 32.2 Å². The number of carbonyl (C=O) groups is 2. The fraction of sp³-hybridized carbons (Fsp3) is 0.889. The molecule has 2 unspecified atom stereocenters. The molecule has 0 aromatic heterocycles. The third kappa shape index (κ3) is 3.00. The number of likely N-dealkylation sites (N-methyl/N-ethyl adjacent to an activating group) is 1. The lowest BCUT2D eigenvalue weighted by Gasteiger charge is -2.37. The second kappa shape index (κ2) is 6.42. The molecule has 2 saturated carbocycles. The van der Waals surface area contributed by atoms with Crippen LogP contribution in [0.1, 0.15) is 51.9 Å². The first-order valence-electron chi connectivity index (χ1n) is 9.15. The van der Waals surface area contributed by atoms with Gasteiger partial charge in [-0.25, -0.2) is 0 Å². The predicted molar refractivity (Wildman–Crippen MR) is 88.0 cm³/mol. The summed E-state index contributed by atoms with van der Waals surface area (Å²) in [5, 5.41) is 9.65. The van der Waals surface area contributed by atoms with Crippen molar-refractivity contribution >= 4 is 11.9 Å². The Kier molecular flexibility index (Phi) is 4.68. The highest BCUT2D eigenvalue weighted by atomic mass is 16.4. The number of fused-ring (bicyclic) bond motifs is 1. The molecule has 0 radical (unpaired) electrons. The van der Waals surface area contributed by atoms with Gasteiger partial charge in [0.05, 0.1) is 12.0 Å². The molecule has 1 saturated heterocycles. The van der Waals surface area contributed by atoms with E-state index in [9.17, 15) is 14.7 Å². The fourth-order valence-electron chi connectivity index (χ4n) is 5.22. The number of rotatable bonds is 4. The van der Waals surface area contributed by atoms with Gasteiger partial charge in [0, 0.05) is 26.2 Å². The molecule has 2 aliphatic carbocycles. The van der Waals surface area contributed by atoms with Crippen LogP contribution in [0.3, 0.4) is 0 Å². The Morgan fingerprint density at radius 1 is 1.22 bits per heavy atom. The molecule has 0 aromatic carbocycles. The highest BCUT2D eigenvalue weighted by Crippen LogP contribution is 2.48. The summed E-state index contributed by atoms with van der Waals surface area (Å²) in [4.78, 5) is 28.4. The molecule has 3 aliphatic rings. The summed E-state index contributed by atoms with van der Waals surface area (Å²) in [6.45, 7) is 3.94. The normalized spacial score (nSPS) is 37.6. The van der Waals surface area contributed by atoms with Gasteiger partial charge < -0.3 is 10.0 Å². The summed E-state index contributed by atoms with van der Waals surface area (Å²) in [7, 11) is 1.93. The molecule has 3 fully saturated rings. The largest absolute Gasteiger partial charge is 0.481 e. The van der Waals surface area contributed by atoms with Gasteiger partial charge in [-0.05, 0) is 37.5 Å². The molecule has 0 aromatic rings. The molecule has 23 heavy (non-hydrogen) atoms. The zero-order chi connectivity index (χ0) is 16.6. The predicted octanol–water partition coefficient (Wildman–Crippen LogP) is 2.21. The SMILES string of the molecule is CC1CCCCC1N(C)C(=O)CN1C[C@@H]2CCC[C@@]2(C(=O)O)C1. The molecule has 5 heteroatoms. The fourth-order valence-corrected chi connectivity index (χ4v) is 5.22. The molecular weight excluding hydrogens is 292 g/mol. The number of carboxylic acid groups (broad SMARTS) is 1. The molecule has 1 N–H and O–H groups in total. The van der Waals surface area contributed by atoms with E-state index in [1.165, 1.54) is 19.3 Å². The standard InChI is InChI=1S/C18H30N2O3/c1-13-6-3-4-8-15(13)19(2)16(21)11-20-10-14-7-5-9-18(14,12-20)17(22)23/h13-15H,3-12H2,1-2H3,(H,22,23)/t13?,14-,15?,18+/m0/s1. The van der Waals surface area contributed by atoms with Crippen LogP contribution in [0.25, 0.3) is 0 Å². The Morgan fingerprint density at radius 2 is 1.96 bits per heavy atom. The monoisotopic (exact) mass is 322 g/mol. The highest BCUT2D eigenvalue weighted by molar-refractivity contribution is 5.79. The van der Waals surface area contributed by atoms with Crippen molar-refractivity contribution in [2.24, 2.45) is 17.3 Å². The van der Waals surface area contributed by atoms with E-state index in [1.807, 2.05) is 11.9 Å². The Hall–Kier alpha value is -1.10. The maximum absolute atomic E-state index is 12.7. The van der Waals surface area contributed by atoms with E-state index < -0.39 is 11.4 Å². The van der Waals surface area contributed by atoms with Crippen LogP contribution in [-0.2, 0) is 9.59 Å². The van der Waals surface area contributed by atoms with Crippen molar-refractivity contribution in [3.8, 4) is 0 Å².